The molecular formula is C11H17F3N2O. The fourth-order valence-electron chi connectivity index (χ4n) is 2.07. The van der Waals surface area contributed by atoms with Gasteiger partial charge < -0.3 is 10.4 Å². The van der Waals surface area contributed by atoms with Crippen LogP contribution in [0.2, 0.25) is 0 Å². The number of nitriles is 1. The maximum Gasteiger partial charge on any atom is 0.405 e. The molecule has 1 atom stereocenters. The summed E-state index contributed by atoms with van der Waals surface area (Å²) in [5, 5.41) is 21.0. The van der Waals surface area contributed by atoms with Crippen molar-refractivity contribution in [2.24, 2.45) is 5.92 Å². The average molecular weight is 250 g/mol. The number of alkyl halides is 3. The van der Waals surface area contributed by atoms with E-state index in [1.54, 1.807) is 0 Å². The van der Waals surface area contributed by atoms with Crippen LogP contribution in [-0.4, -0.2) is 30.0 Å². The highest BCUT2D eigenvalue weighted by molar-refractivity contribution is 4.91. The fraction of sp³-hybridized carbons (Fsp3) is 0.909. The summed E-state index contributed by atoms with van der Waals surface area (Å²) in [7, 11) is 0. The second-order valence-electron chi connectivity index (χ2n) is 4.64. The predicted octanol–water partition coefficient (Wildman–Crippen LogP) is 1.97. The Kier molecular flexibility index (Phi) is 4.78. The van der Waals surface area contributed by atoms with Crippen molar-refractivity contribution in [3.8, 4) is 6.07 Å². The summed E-state index contributed by atoms with van der Waals surface area (Å²) < 4.78 is 36.8. The maximum absolute atomic E-state index is 12.3. The van der Waals surface area contributed by atoms with Crippen molar-refractivity contribution in [3.05, 3.63) is 0 Å². The number of nitrogens with zero attached hydrogens (tertiary/aromatic N) is 1. The Morgan fingerprint density at radius 1 is 1.29 bits per heavy atom. The molecule has 17 heavy (non-hydrogen) atoms. The van der Waals surface area contributed by atoms with Crippen LogP contribution in [0.15, 0.2) is 0 Å². The van der Waals surface area contributed by atoms with Gasteiger partial charge in [-0.3, -0.25) is 0 Å². The summed E-state index contributed by atoms with van der Waals surface area (Å²) in [6, 6.07) is 1.22. The fourth-order valence-corrected chi connectivity index (χ4v) is 2.07. The number of rotatable bonds is 4. The number of halogens is 3. The zero-order valence-corrected chi connectivity index (χ0v) is 9.56. The van der Waals surface area contributed by atoms with Gasteiger partial charge >= 0.3 is 6.18 Å². The van der Waals surface area contributed by atoms with Crippen LogP contribution in [0.5, 0.6) is 0 Å². The highest BCUT2D eigenvalue weighted by Gasteiger charge is 2.40. The first kappa shape index (κ1) is 14.3. The van der Waals surface area contributed by atoms with E-state index in [1.807, 2.05) is 0 Å². The summed E-state index contributed by atoms with van der Waals surface area (Å²) in [6.45, 7) is -0.330. The normalized spacial score (nSPS) is 21.8. The van der Waals surface area contributed by atoms with Crippen molar-refractivity contribution in [2.45, 2.75) is 43.9 Å². The average Bonchev–Trinajstić information content (AvgIpc) is 2.23. The molecule has 1 rings (SSSR count). The zero-order chi connectivity index (χ0) is 12.9. The number of aliphatic hydroxyl groups is 1. The summed E-state index contributed by atoms with van der Waals surface area (Å²) in [6.07, 6.45) is -0.409. The molecule has 1 aliphatic carbocycles. The molecular weight excluding hydrogens is 233 g/mol. The van der Waals surface area contributed by atoms with Gasteiger partial charge in [0.25, 0.3) is 0 Å². The van der Waals surface area contributed by atoms with Crippen LogP contribution in [0.3, 0.4) is 0 Å². The van der Waals surface area contributed by atoms with Crippen molar-refractivity contribution in [2.75, 3.05) is 13.1 Å². The van der Waals surface area contributed by atoms with Crippen molar-refractivity contribution in [1.29, 1.82) is 5.26 Å². The monoisotopic (exact) mass is 250 g/mol. The quantitative estimate of drug-likeness (QED) is 0.802. The van der Waals surface area contributed by atoms with Crippen LogP contribution in [0.25, 0.3) is 0 Å². The lowest BCUT2D eigenvalue weighted by atomic mass is 9.85. The second-order valence-corrected chi connectivity index (χ2v) is 4.64. The van der Waals surface area contributed by atoms with Crippen LogP contribution >= 0.6 is 0 Å². The molecule has 0 amide bonds. The molecule has 98 valence electrons. The van der Waals surface area contributed by atoms with Gasteiger partial charge in [0.05, 0.1) is 11.7 Å². The molecule has 0 saturated heterocycles. The van der Waals surface area contributed by atoms with Crippen molar-refractivity contribution in [3.63, 3.8) is 0 Å². The van der Waals surface area contributed by atoms with Gasteiger partial charge in [-0.25, -0.2) is 0 Å². The van der Waals surface area contributed by atoms with E-state index in [0.29, 0.717) is 12.8 Å². The third-order valence-electron chi connectivity index (χ3n) is 3.14. The molecule has 0 radical (unpaired) electrons. The van der Waals surface area contributed by atoms with Crippen LogP contribution in [0.1, 0.15) is 32.1 Å². The topological polar surface area (TPSA) is 56.0 Å². The van der Waals surface area contributed by atoms with Crippen LogP contribution in [0.4, 0.5) is 13.2 Å². The largest absolute Gasteiger partial charge is 0.405 e. The van der Waals surface area contributed by atoms with Gasteiger partial charge in [-0.1, -0.05) is 19.3 Å². The third kappa shape index (κ3) is 4.52. The van der Waals surface area contributed by atoms with Crippen LogP contribution in [0, 0.1) is 17.2 Å². The first-order chi connectivity index (χ1) is 7.87. The van der Waals surface area contributed by atoms with Gasteiger partial charge in [0, 0.05) is 13.1 Å². The van der Waals surface area contributed by atoms with Crippen molar-refractivity contribution >= 4 is 0 Å². The summed E-state index contributed by atoms with van der Waals surface area (Å²) in [4.78, 5) is 0. The molecule has 0 aromatic heterocycles. The summed E-state index contributed by atoms with van der Waals surface area (Å²) in [5.41, 5.74) is -0.899. The maximum atomic E-state index is 12.3. The minimum atomic E-state index is -4.50. The van der Waals surface area contributed by atoms with Crippen LogP contribution in [-0.2, 0) is 0 Å². The first-order valence-electron chi connectivity index (χ1n) is 5.77. The highest BCUT2D eigenvalue weighted by atomic mass is 19.4. The minimum absolute atomic E-state index is 0.126. The zero-order valence-electron chi connectivity index (χ0n) is 9.56. The summed E-state index contributed by atoms with van der Waals surface area (Å²) in [5.74, 6) is -2.00. The standard InChI is InChI=1S/C11H17F3N2O/c12-11(13,14)9(6-15)7-16-8-10(17)4-2-1-3-5-10/h9,16-17H,1-5,7-8H2. The Morgan fingerprint density at radius 2 is 1.88 bits per heavy atom. The molecule has 3 nitrogen and oxygen atoms in total. The van der Waals surface area contributed by atoms with E-state index in [9.17, 15) is 18.3 Å². The lowest BCUT2D eigenvalue weighted by Crippen LogP contribution is -2.44. The molecule has 2 N–H and O–H groups in total. The SMILES string of the molecule is N#CC(CNCC1(O)CCCCC1)C(F)(F)F. The van der Waals surface area contributed by atoms with Gasteiger partial charge in [0.2, 0.25) is 0 Å². The molecule has 0 aliphatic heterocycles. The molecule has 0 heterocycles. The lowest BCUT2D eigenvalue weighted by molar-refractivity contribution is -0.158. The molecule has 6 heteroatoms. The van der Waals surface area contributed by atoms with E-state index in [0.717, 1.165) is 19.3 Å². The van der Waals surface area contributed by atoms with Gasteiger partial charge in [0.1, 0.15) is 0 Å². The van der Waals surface area contributed by atoms with E-state index in [2.05, 4.69) is 5.32 Å². The first-order valence-corrected chi connectivity index (χ1v) is 5.77. The summed E-state index contributed by atoms with van der Waals surface area (Å²) >= 11 is 0. The molecule has 0 spiro atoms. The van der Waals surface area contributed by atoms with E-state index < -0.39 is 24.2 Å². The van der Waals surface area contributed by atoms with E-state index in [4.69, 9.17) is 5.26 Å². The molecule has 1 saturated carbocycles. The smallest absolute Gasteiger partial charge is 0.389 e. The second kappa shape index (κ2) is 5.69. The van der Waals surface area contributed by atoms with Crippen molar-refractivity contribution in [1.82, 2.24) is 5.32 Å². The molecule has 0 aromatic rings. The number of nitrogens with one attached hydrogen (secondary N) is 1. The Hall–Kier alpha value is -0.800. The van der Waals surface area contributed by atoms with E-state index in [-0.39, 0.29) is 6.54 Å². The molecule has 1 aliphatic rings. The van der Waals surface area contributed by atoms with Gasteiger partial charge in [-0.2, -0.15) is 18.4 Å². The predicted molar refractivity (Wildman–Crippen MR) is 56.1 cm³/mol. The molecule has 0 aromatic carbocycles. The number of hydrogen-bond donors (Lipinski definition) is 2. The highest BCUT2D eigenvalue weighted by Crippen LogP contribution is 2.28. The number of hydrogen-bond acceptors (Lipinski definition) is 3. The van der Waals surface area contributed by atoms with Crippen LogP contribution < -0.4 is 5.32 Å². The van der Waals surface area contributed by atoms with Gasteiger partial charge in [0.15, 0.2) is 5.92 Å². The molecule has 0 bridgehead atoms. The Morgan fingerprint density at radius 3 is 2.35 bits per heavy atom. The van der Waals surface area contributed by atoms with E-state index in [1.165, 1.54) is 6.07 Å². The Balaban J connectivity index is 2.34. The molecule has 1 fully saturated rings. The Bertz CT molecular complexity index is 279. The van der Waals surface area contributed by atoms with Crippen molar-refractivity contribution < 1.29 is 18.3 Å². The van der Waals surface area contributed by atoms with Gasteiger partial charge in [-0.05, 0) is 12.8 Å². The van der Waals surface area contributed by atoms with E-state index >= 15 is 0 Å². The Labute approximate surface area is 98.6 Å². The lowest BCUT2D eigenvalue weighted by Gasteiger charge is -2.32. The van der Waals surface area contributed by atoms with Gasteiger partial charge in [-0.15, -0.1) is 0 Å². The third-order valence-corrected chi connectivity index (χ3v) is 3.14. The minimum Gasteiger partial charge on any atom is -0.389 e. The molecule has 1 unspecified atom stereocenters.